The number of nitrogens with one attached hydrogen (secondary N) is 2. The first-order valence-electron chi connectivity index (χ1n) is 9.53. The standard InChI is InChI=1S/C22H26F2N2O3/c1-14(2)29-18-9-6-16(7-10-18)5-4-15(3)26-21(27)13-25-22(28)19-11-8-17(23)12-20(19)24/h6-12,14-15H,4-5,13H2,1-3H3,(H,25,28)(H,26,27). The quantitative estimate of drug-likeness (QED) is 0.671. The number of aryl methyl sites for hydroxylation is 1. The van der Waals surface area contributed by atoms with E-state index < -0.39 is 17.5 Å². The normalized spacial score (nSPS) is 11.8. The summed E-state index contributed by atoms with van der Waals surface area (Å²) >= 11 is 0. The lowest BCUT2D eigenvalue weighted by molar-refractivity contribution is -0.120. The van der Waals surface area contributed by atoms with Crippen molar-refractivity contribution in [2.24, 2.45) is 0 Å². The molecule has 0 saturated heterocycles. The van der Waals surface area contributed by atoms with Crippen LogP contribution in [0.4, 0.5) is 8.78 Å². The molecule has 2 rings (SSSR count). The molecule has 1 unspecified atom stereocenters. The van der Waals surface area contributed by atoms with E-state index in [9.17, 15) is 18.4 Å². The number of benzene rings is 2. The zero-order valence-corrected chi connectivity index (χ0v) is 16.8. The van der Waals surface area contributed by atoms with Gasteiger partial charge in [-0.2, -0.15) is 0 Å². The van der Waals surface area contributed by atoms with Gasteiger partial charge in [-0.05, 0) is 63.4 Å². The predicted molar refractivity (Wildman–Crippen MR) is 107 cm³/mol. The predicted octanol–water partition coefficient (Wildman–Crippen LogP) is 3.62. The maximum Gasteiger partial charge on any atom is 0.254 e. The second-order valence-corrected chi connectivity index (χ2v) is 7.12. The van der Waals surface area contributed by atoms with E-state index >= 15 is 0 Å². The molecule has 29 heavy (non-hydrogen) atoms. The smallest absolute Gasteiger partial charge is 0.254 e. The van der Waals surface area contributed by atoms with Crippen molar-refractivity contribution in [2.45, 2.75) is 45.8 Å². The Kier molecular flexibility index (Phi) is 8.12. The first kappa shape index (κ1) is 22.3. The van der Waals surface area contributed by atoms with Gasteiger partial charge in [0, 0.05) is 12.1 Å². The maximum absolute atomic E-state index is 13.6. The highest BCUT2D eigenvalue weighted by Gasteiger charge is 2.14. The Morgan fingerprint density at radius 1 is 1.03 bits per heavy atom. The molecule has 1 atom stereocenters. The Balaban J connectivity index is 1.73. The van der Waals surface area contributed by atoms with Crippen molar-refractivity contribution >= 4 is 11.8 Å². The number of hydrogen-bond donors (Lipinski definition) is 2. The zero-order valence-electron chi connectivity index (χ0n) is 16.8. The SMILES string of the molecule is CC(CCc1ccc(OC(C)C)cc1)NC(=O)CNC(=O)c1ccc(F)cc1F. The summed E-state index contributed by atoms with van der Waals surface area (Å²) in [5, 5.41) is 5.12. The summed E-state index contributed by atoms with van der Waals surface area (Å²) in [6, 6.07) is 10.4. The molecule has 156 valence electrons. The molecule has 2 aromatic carbocycles. The average molecular weight is 404 g/mol. The third-order valence-electron chi connectivity index (χ3n) is 4.15. The molecular weight excluding hydrogens is 378 g/mol. The Labute approximate surface area is 169 Å². The van der Waals surface area contributed by atoms with E-state index in [2.05, 4.69) is 10.6 Å². The van der Waals surface area contributed by atoms with E-state index in [1.54, 1.807) is 0 Å². The number of rotatable bonds is 9. The van der Waals surface area contributed by atoms with Crippen LogP contribution in [0.15, 0.2) is 42.5 Å². The molecule has 2 aromatic rings. The minimum absolute atomic E-state index is 0.103. The fraction of sp³-hybridized carbons (Fsp3) is 0.364. The second kappa shape index (κ2) is 10.5. The Bertz CT molecular complexity index is 838. The topological polar surface area (TPSA) is 67.4 Å². The molecule has 0 radical (unpaired) electrons. The molecule has 2 amide bonds. The number of carbonyl (C=O) groups is 2. The number of ether oxygens (including phenoxy) is 1. The van der Waals surface area contributed by atoms with Gasteiger partial charge in [-0.1, -0.05) is 12.1 Å². The molecule has 0 aliphatic heterocycles. The van der Waals surface area contributed by atoms with Crippen LogP contribution in [0.3, 0.4) is 0 Å². The molecule has 0 heterocycles. The largest absolute Gasteiger partial charge is 0.491 e. The average Bonchev–Trinajstić information content (AvgIpc) is 2.65. The lowest BCUT2D eigenvalue weighted by atomic mass is 10.1. The van der Waals surface area contributed by atoms with Crippen LogP contribution in [0.1, 0.15) is 43.1 Å². The fourth-order valence-corrected chi connectivity index (χ4v) is 2.72. The van der Waals surface area contributed by atoms with Gasteiger partial charge in [0.1, 0.15) is 17.4 Å². The summed E-state index contributed by atoms with van der Waals surface area (Å²) in [5.41, 5.74) is 0.819. The summed E-state index contributed by atoms with van der Waals surface area (Å²) < 4.78 is 32.1. The van der Waals surface area contributed by atoms with Crippen molar-refractivity contribution in [3.63, 3.8) is 0 Å². The second-order valence-electron chi connectivity index (χ2n) is 7.12. The van der Waals surface area contributed by atoms with Crippen LogP contribution in [-0.4, -0.2) is 30.5 Å². The van der Waals surface area contributed by atoms with Gasteiger partial charge in [-0.15, -0.1) is 0 Å². The van der Waals surface area contributed by atoms with E-state index in [0.29, 0.717) is 6.07 Å². The van der Waals surface area contributed by atoms with Gasteiger partial charge < -0.3 is 15.4 Å². The van der Waals surface area contributed by atoms with Crippen LogP contribution >= 0.6 is 0 Å². The van der Waals surface area contributed by atoms with Crippen molar-refractivity contribution in [2.75, 3.05) is 6.54 Å². The van der Waals surface area contributed by atoms with Gasteiger partial charge in [0.2, 0.25) is 5.91 Å². The summed E-state index contributed by atoms with van der Waals surface area (Å²) in [6.07, 6.45) is 1.61. The van der Waals surface area contributed by atoms with E-state index in [1.807, 2.05) is 45.0 Å². The van der Waals surface area contributed by atoms with E-state index in [4.69, 9.17) is 4.74 Å². The monoisotopic (exact) mass is 404 g/mol. The van der Waals surface area contributed by atoms with Gasteiger partial charge in [-0.3, -0.25) is 9.59 Å². The number of amides is 2. The molecule has 0 fully saturated rings. The van der Waals surface area contributed by atoms with Crippen molar-refractivity contribution in [3.05, 3.63) is 65.2 Å². The van der Waals surface area contributed by atoms with Gasteiger partial charge in [0.15, 0.2) is 0 Å². The first-order valence-corrected chi connectivity index (χ1v) is 9.53. The highest BCUT2D eigenvalue weighted by atomic mass is 19.1. The van der Waals surface area contributed by atoms with E-state index in [1.165, 1.54) is 0 Å². The van der Waals surface area contributed by atoms with Crippen LogP contribution in [0, 0.1) is 11.6 Å². The summed E-state index contributed by atoms with van der Waals surface area (Å²) in [5.74, 6) is -2.07. The molecule has 2 N–H and O–H groups in total. The lowest BCUT2D eigenvalue weighted by Gasteiger charge is -2.15. The van der Waals surface area contributed by atoms with E-state index in [0.717, 1.165) is 36.3 Å². The van der Waals surface area contributed by atoms with Gasteiger partial charge >= 0.3 is 0 Å². The number of hydrogen-bond acceptors (Lipinski definition) is 3. The van der Waals surface area contributed by atoms with Crippen molar-refractivity contribution in [1.29, 1.82) is 0 Å². The van der Waals surface area contributed by atoms with Gasteiger partial charge in [0.25, 0.3) is 5.91 Å². The highest BCUT2D eigenvalue weighted by Crippen LogP contribution is 2.15. The molecule has 0 aliphatic carbocycles. The first-order chi connectivity index (χ1) is 13.7. The molecule has 0 aromatic heterocycles. The van der Waals surface area contributed by atoms with Crippen LogP contribution in [0.25, 0.3) is 0 Å². The van der Waals surface area contributed by atoms with Crippen molar-refractivity contribution in [3.8, 4) is 5.75 Å². The zero-order chi connectivity index (χ0) is 21.4. The van der Waals surface area contributed by atoms with E-state index in [-0.39, 0.29) is 30.2 Å². The maximum atomic E-state index is 13.6. The van der Waals surface area contributed by atoms with Crippen LogP contribution in [-0.2, 0) is 11.2 Å². The third-order valence-corrected chi connectivity index (χ3v) is 4.15. The summed E-state index contributed by atoms with van der Waals surface area (Å²) in [7, 11) is 0. The molecular formula is C22H26F2N2O3. The van der Waals surface area contributed by atoms with Gasteiger partial charge in [-0.25, -0.2) is 8.78 Å². The Hall–Kier alpha value is -2.96. The van der Waals surface area contributed by atoms with Crippen LogP contribution in [0.5, 0.6) is 5.75 Å². The fourth-order valence-electron chi connectivity index (χ4n) is 2.72. The van der Waals surface area contributed by atoms with Gasteiger partial charge in [0.05, 0.1) is 18.2 Å². The summed E-state index contributed by atoms with van der Waals surface area (Å²) in [4.78, 5) is 23.9. The molecule has 0 bridgehead atoms. The number of carbonyl (C=O) groups excluding carboxylic acids is 2. The molecule has 5 nitrogen and oxygen atoms in total. The minimum atomic E-state index is -0.971. The summed E-state index contributed by atoms with van der Waals surface area (Å²) in [6.45, 7) is 5.52. The molecule has 7 heteroatoms. The van der Waals surface area contributed by atoms with Crippen LogP contribution < -0.4 is 15.4 Å². The number of halogens is 2. The third kappa shape index (κ3) is 7.52. The minimum Gasteiger partial charge on any atom is -0.491 e. The van der Waals surface area contributed by atoms with Crippen molar-refractivity contribution in [1.82, 2.24) is 10.6 Å². The molecule has 0 spiro atoms. The Morgan fingerprint density at radius 3 is 2.34 bits per heavy atom. The lowest BCUT2D eigenvalue weighted by Crippen LogP contribution is -2.41. The van der Waals surface area contributed by atoms with Crippen molar-refractivity contribution < 1.29 is 23.1 Å². The molecule has 0 aliphatic rings. The molecule has 0 saturated carbocycles. The highest BCUT2D eigenvalue weighted by molar-refractivity contribution is 5.96. The van der Waals surface area contributed by atoms with Crippen LogP contribution in [0.2, 0.25) is 0 Å². The Morgan fingerprint density at radius 2 is 1.72 bits per heavy atom.